The molecule has 2 aliphatic rings. The maximum absolute atomic E-state index is 14.1. The lowest BCUT2D eigenvalue weighted by molar-refractivity contribution is -0.158. The summed E-state index contributed by atoms with van der Waals surface area (Å²) in [5.41, 5.74) is 1.89. The number of aryl methyl sites for hydroxylation is 1. The number of aliphatic hydroxyl groups is 1. The summed E-state index contributed by atoms with van der Waals surface area (Å²) < 4.78 is 55.4. The predicted molar refractivity (Wildman–Crippen MR) is 149 cm³/mol. The third kappa shape index (κ3) is 5.16. The molecule has 3 N–H and O–H groups in total. The van der Waals surface area contributed by atoms with Crippen LogP contribution in [0.2, 0.25) is 0 Å². The zero-order valence-corrected chi connectivity index (χ0v) is 23.5. The summed E-state index contributed by atoms with van der Waals surface area (Å²) in [7, 11) is 0. The summed E-state index contributed by atoms with van der Waals surface area (Å²) in [5.74, 6) is -0.799. The number of thiazole rings is 1. The number of halogens is 3. The van der Waals surface area contributed by atoms with Crippen LogP contribution in [0.25, 0.3) is 20.8 Å². The number of alkyl halides is 3. The summed E-state index contributed by atoms with van der Waals surface area (Å²) >= 11 is 2.47. The third-order valence-corrected chi connectivity index (χ3v) is 9.16. The molecule has 0 spiro atoms. The van der Waals surface area contributed by atoms with Crippen LogP contribution in [0.15, 0.2) is 41.8 Å². The minimum atomic E-state index is -4.56. The van der Waals surface area contributed by atoms with E-state index in [2.05, 4.69) is 20.6 Å². The number of thiophene rings is 1. The molecule has 212 valence electrons. The van der Waals surface area contributed by atoms with Crippen LogP contribution >= 0.6 is 22.7 Å². The second-order valence-electron chi connectivity index (χ2n) is 10.5. The molecule has 4 aromatic rings. The summed E-state index contributed by atoms with van der Waals surface area (Å²) in [6, 6.07) is 8.43. The zero-order valence-electron chi connectivity index (χ0n) is 21.9. The average Bonchev–Trinajstić information content (AvgIpc) is 3.66. The van der Waals surface area contributed by atoms with Crippen LogP contribution in [0.4, 0.5) is 24.9 Å². The van der Waals surface area contributed by atoms with Gasteiger partial charge in [-0.1, -0.05) is 18.2 Å². The van der Waals surface area contributed by atoms with Gasteiger partial charge in [-0.2, -0.15) is 18.2 Å². The van der Waals surface area contributed by atoms with E-state index in [1.807, 2.05) is 38.1 Å². The zero-order chi connectivity index (χ0) is 28.2. The van der Waals surface area contributed by atoms with Gasteiger partial charge in [-0.05, 0) is 50.8 Å². The second-order valence-corrected chi connectivity index (χ2v) is 12.5. The van der Waals surface area contributed by atoms with Crippen molar-refractivity contribution in [1.29, 1.82) is 0 Å². The monoisotopic (exact) mass is 591 g/mol. The Labute approximate surface area is 236 Å². The summed E-state index contributed by atoms with van der Waals surface area (Å²) in [5, 5.41) is 18.2. The van der Waals surface area contributed by atoms with E-state index in [0.29, 0.717) is 28.5 Å². The lowest BCUT2D eigenvalue weighted by atomic mass is 10.1. The number of nitrogens with one attached hydrogen (secondary N) is 2. The normalized spacial score (nSPS) is 24.8. The van der Waals surface area contributed by atoms with E-state index >= 15 is 0 Å². The first-order valence-corrected chi connectivity index (χ1v) is 14.6. The Bertz CT molecular complexity index is 1480. The van der Waals surface area contributed by atoms with Gasteiger partial charge >= 0.3 is 6.18 Å². The molecule has 1 aliphatic heterocycles. The molecular weight excluding hydrogens is 563 g/mol. The molecule has 13 heteroatoms. The van der Waals surface area contributed by atoms with Gasteiger partial charge in [0.15, 0.2) is 11.8 Å². The van der Waals surface area contributed by atoms with Crippen LogP contribution in [-0.2, 0) is 9.47 Å². The summed E-state index contributed by atoms with van der Waals surface area (Å²) in [4.78, 5) is 13.9. The Morgan fingerprint density at radius 3 is 2.58 bits per heavy atom. The number of aliphatic hydroxyl groups excluding tert-OH is 1. The molecule has 3 aromatic heterocycles. The van der Waals surface area contributed by atoms with Crippen LogP contribution in [0, 0.1) is 12.8 Å². The highest BCUT2D eigenvalue weighted by molar-refractivity contribution is 7.21. The van der Waals surface area contributed by atoms with E-state index in [9.17, 15) is 18.3 Å². The molecule has 0 amide bonds. The Hall–Kier alpha value is -2.84. The fourth-order valence-corrected chi connectivity index (χ4v) is 7.32. The maximum atomic E-state index is 14.1. The molecule has 1 aromatic carbocycles. The summed E-state index contributed by atoms with van der Waals surface area (Å²) in [6.45, 7) is 5.30. The van der Waals surface area contributed by atoms with Crippen molar-refractivity contribution in [3.05, 3.63) is 52.3 Å². The number of anilines is 2. The fourth-order valence-electron chi connectivity index (χ4n) is 5.46. The molecular formula is C27H28F3N5O3S2. The smallest absolute Gasteiger partial charge is 0.396 e. The molecule has 2 fully saturated rings. The van der Waals surface area contributed by atoms with Crippen LogP contribution in [0.1, 0.15) is 36.9 Å². The van der Waals surface area contributed by atoms with Crippen molar-refractivity contribution in [2.24, 2.45) is 5.92 Å². The lowest BCUT2D eigenvalue weighted by Gasteiger charge is -2.25. The van der Waals surface area contributed by atoms with Crippen LogP contribution in [-0.4, -0.2) is 56.9 Å². The topological polar surface area (TPSA) is 101 Å². The minimum Gasteiger partial charge on any atom is -0.396 e. The maximum Gasteiger partial charge on any atom is 0.413 e. The molecule has 0 bridgehead atoms. The molecule has 1 aliphatic carbocycles. The number of hydrogen-bond acceptors (Lipinski definition) is 10. The molecule has 8 nitrogen and oxygen atoms in total. The van der Waals surface area contributed by atoms with Gasteiger partial charge in [0.2, 0.25) is 5.95 Å². The molecule has 5 atom stereocenters. The number of aromatic nitrogens is 3. The van der Waals surface area contributed by atoms with E-state index in [0.717, 1.165) is 21.6 Å². The molecule has 40 heavy (non-hydrogen) atoms. The van der Waals surface area contributed by atoms with Crippen molar-refractivity contribution in [1.82, 2.24) is 15.0 Å². The van der Waals surface area contributed by atoms with E-state index in [1.165, 1.54) is 17.4 Å². The van der Waals surface area contributed by atoms with Crippen LogP contribution in [0.3, 0.4) is 0 Å². The lowest BCUT2D eigenvalue weighted by Crippen LogP contribution is -2.35. The Morgan fingerprint density at radius 2 is 1.88 bits per heavy atom. The number of hydrogen-bond donors (Lipinski definition) is 3. The van der Waals surface area contributed by atoms with Gasteiger partial charge in [0, 0.05) is 17.4 Å². The van der Waals surface area contributed by atoms with Gasteiger partial charge in [-0.25, -0.2) is 9.97 Å². The quantitative estimate of drug-likeness (QED) is 0.235. The van der Waals surface area contributed by atoms with Crippen molar-refractivity contribution in [2.75, 3.05) is 17.2 Å². The number of benzene rings is 1. The van der Waals surface area contributed by atoms with Gasteiger partial charge in [-0.15, -0.1) is 22.7 Å². The third-order valence-electron chi connectivity index (χ3n) is 7.16. The highest BCUT2D eigenvalue weighted by atomic mass is 32.1. The van der Waals surface area contributed by atoms with E-state index < -0.39 is 18.0 Å². The second kappa shape index (κ2) is 10.2. The number of para-hydroxylation sites is 1. The Kier molecular flexibility index (Phi) is 6.98. The fraction of sp³-hybridized carbons (Fsp3) is 0.444. The largest absolute Gasteiger partial charge is 0.413 e. The average molecular weight is 592 g/mol. The number of ether oxygens (including phenoxy) is 2. The van der Waals surface area contributed by atoms with Gasteiger partial charge in [0.25, 0.3) is 0 Å². The van der Waals surface area contributed by atoms with Crippen molar-refractivity contribution in [2.45, 2.75) is 63.4 Å². The van der Waals surface area contributed by atoms with Gasteiger partial charge in [-0.3, -0.25) is 0 Å². The highest BCUT2D eigenvalue weighted by Crippen LogP contribution is 2.44. The van der Waals surface area contributed by atoms with Crippen LogP contribution in [0.5, 0.6) is 0 Å². The first-order chi connectivity index (χ1) is 19.0. The molecule has 4 heterocycles. The number of nitrogens with zero attached hydrogens (tertiary/aromatic N) is 3. The van der Waals surface area contributed by atoms with Gasteiger partial charge < -0.3 is 25.2 Å². The van der Waals surface area contributed by atoms with E-state index in [4.69, 9.17) is 14.5 Å². The summed E-state index contributed by atoms with van der Waals surface area (Å²) in [6.07, 6.45) is -4.73. The number of rotatable bonds is 7. The molecule has 6 rings (SSSR count). The minimum absolute atomic E-state index is 0.0762. The number of fused-ring (bicyclic) bond motifs is 2. The van der Waals surface area contributed by atoms with E-state index in [-0.39, 0.29) is 41.6 Å². The first kappa shape index (κ1) is 27.3. The van der Waals surface area contributed by atoms with Gasteiger partial charge in [0.1, 0.15) is 16.9 Å². The van der Waals surface area contributed by atoms with Crippen molar-refractivity contribution in [3.8, 4) is 10.6 Å². The van der Waals surface area contributed by atoms with Crippen LogP contribution < -0.4 is 10.6 Å². The Morgan fingerprint density at radius 1 is 1.10 bits per heavy atom. The molecule has 0 unspecified atom stereocenters. The Balaban J connectivity index is 1.42. The van der Waals surface area contributed by atoms with Crippen molar-refractivity contribution in [3.63, 3.8) is 0 Å². The van der Waals surface area contributed by atoms with E-state index in [1.54, 1.807) is 18.4 Å². The molecule has 0 radical (unpaired) electrons. The molecule has 1 saturated carbocycles. The predicted octanol–water partition coefficient (Wildman–Crippen LogP) is 6.15. The van der Waals surface area contributed by atoms with Crippen molar-refractivity contribution < 1.29 is 27.8 Å². The van der Waals surface area contributed by atoms with Gasteiger partial charge in [0.05, 0.1) is 33.6 Å². The SMILES string of the molecule is Cc1nc(N[C@@H](c2cccs2)C(F)(F)F)nc(N[C@@H]2C[C@H](CO)[C@H]3OC(C)(C)O[C@H]32)c1-c1nc2ccccc2s1. The standard InChI is InChI=1S/C27H28F3N5O3S2/c1-13-19(24-33-15-7-4-5-8-17(15)40-24)23(32-16-11-14(12-36)20-21(16)38-26(2,3)37-20)35-25(31-13)34-22(27(28,29)30)18-9-6-10-39-18/h4-10,14,16,20-22,36H,11-12H2,1-3H3,(H2,31,32,34,35)/t14-,16-,20-,21+,22+/m1/s1. The first-order valence-electron chi connectivity index (χ1n) is 12.9. The highest BCUT2D eigenvalue weighted by Gasteiger charge is 2.54. The molecule has 1 saturated heterocycles. The van der Waals surface area contributed by atoms with Crippen molar-refractivity contribution >= 4 is 44.7 Å².